The molecule has 0 saturated carbocycles. The quantitative estimate of drug-likeness (QED) is 0.412. The average Bonchev–Trinajstić information content (AvgIpc) is 2.71. The molecule has 0 spiro atoms. The molecule has 2 aromatic rings. The van der Waals surface area contributed by atoms with Crippen LogP contribution in [0, 0.1) is 0 Å². The van der Waals surface area contributed by atoms with E-state index < -0.39 is 11.9 Å². The number of hydrogen-bond acceptors (Lipinski definition) is 4. The fraction of sp³-hybridized carbons (Fsp3) is 0.273. The van der Waals surface area contributed by atoms with Crippen LogP contribution in [-0.2, 0) is 9.59 Å². The highest BCUT2D eigenvalue weighted by molar-refractivity contribution is 5.93. The molecule has 0 aliphatic rings. The van der Waals surface area contributed by atoms with Gasteiger partial charge in [-0.1, -0.05) is 12.8 Å². The van der Waals surface area contributed by atoms with Crippen molar-refractivity contribution in [3.63, 3.8) is 0 Å². The third kappa shape index (κ3) is 7.75. The second-order valence-electron chi connectivity index (χ2n) is 6.78. The zero-order chi connectivity index (χ0) is 21.9. The van der Waals surface area contributed by atoms with Gasteiger partial charge in [-0.25, -0.2) is 9.59 Å². The Labute approximate surface area is 173 Å². The van der Waals surface area contributed by atoms with Crippen molar-refractivity contribution >= 4 is 35.1 Å². The van der Waals surface area contributed by atoms with Gasteiger partial charge < -0.3 is 20.8 Å². The summed E-state index contributed by atoms with van der Waals surface area (Å²) in [7, 11) is 0. The van der Waals surface area contributed by atoms with E-state index in [-0.39, 0.29) is 22.9 Å². The number of hydrogen-bond donors (Lipinski definition) is 4. The molecule has 0 saturated heterocycles. The van der Waals surface area contributed by atoms with Gasteiger partial charge in [0, 0.05) is 24.2 Å². The molecule has 0 aliphatic heterocycles. The molecule has 0 unspecified atom stereocenters. The van der Waals surface area contributed by atoms with Crippen molar-refractivity contribution in [1.29, 1.82) is 0 Å². The lowest BCUT2D eigenvalue weighted by Gasteiger charge is -2.07. The maximum Gasteiger partial charge on any atom is 0.335 e. The number of rotatable bonds is 11. The molecule has 2 aromatic carbocycles. The van der Waals surface area contributed by atoms with E-state index in [1.807, 2.05) is 0 Å². The number of carboxylic acids is 2. The third-order valence-electron chi connectivity index (χ3n) is 4.39. The monoisotopic (exact) mass is 412 g/mol. The van der Waals surface area contributed by atoms with E-state index in [1.54, 1.807) is 24.3 Å². The van der Waals surface area contributed by atoms with Crippen molar-refractivity contribution in [3.05, 3.63) is 59.7 Å². The van der Waals surface area contributed by atoms with Crippen LogP contribution in [0.5, 0.6) is 0 Å². The van der Waals surface area contributed by atoms with E-state index >= 15 is 0 Å². The fourth-order valence-electron chi connectivity index (χ4n) is 2.76. The van der Waals surface area contributed by atoms with Gasteiger partial charge in [0.2, 0.25) is 11.8 Å². The summed E-state index contributed by atoms with van der Waals surface area (Å²) in [5.41, 5.74) is 1.43. The Morgan fingerprint density at radius 2 is 0.900 bits per heavy atom. The van der Waals surface area contributed by atoms with Crippen LogP contribution in [0.15, 0.2) is 48.5 Å². The van der Waals surface area contributed by atoms with Crippen LogP contribution in [0.1, 0.15) is 59.2 Å². The van der Waals surface area contributed by atoms with Gasteiger partial charge in [0.25, 0.3) is 0 Å². The first-order valence-electron chi connectivity index (χ1n) is 9.61. The molecule has 0 fully saturated rings. The number of benzene rings is 2. The summed E-state index contributed by atoms with van der Waals surface area (Å²) in [6.45, 7) is 0. The Morgan fingerprint density at radius 3 is 1.20 bits per heavy atom. The van der Waals surface area contributed by atoms with E-state index in [9.17, 15) is 19.2 Å². The highest BCUT2D eigenvalue weighted by Gasteiger charge is 2.07. The van der Waals surface area contributed by atoms with Gasteiger partial charge in [-0.2, -0.15) is 0 Å². The average molecular weight is 412 g/mol. The van der Waals surface area contributed by atoms with E-state index in [1.165, 1.54) is 24.3 Å². The second kappa shape index (κ2) is 11.4. The van der Waals surface area contributed by atoms with Gasteiger partial charge in [-0.15, -0.1) is 0 Å². The van der Waals surface area contributed by atoms with Crippen LogP contribution < -0.4 is 10.6 Å². The molecule has 158 valence electrons. The molecule has 0 aliphatic carbocycles. The lowest BCUT2D eigenvalue weighted by atomic mass is 10.1. The summed E-state index contributed by atoms with van der Waals surface area (Å²) < 4.78 is 0. The first kappa shape index (κ1) is 22.6. The number of unbranched alkanes of at least 4 members (excludes halogenated alkanes) is 3. The van der Waals surface area contributed by atoms with E-state index in [4.69, 9.17) is 10.2 Å². The van der Waals surface area contributed by atoms with Gasteiger partial charge >= 0.3 is 11.9 Å². The molecular weight excluding hydrogens is 388 g/mol. The van der Waals surface area contributed by atoms with E-state index in [2.05, 4.69) is 10.6 Å². The molecule has 8 heteroatoms. The first-order chi connectivity index (χ1) is 14.3. The maximum absolute atomic E-state index is 11.9. The maximum atomic E-state index is 11.9. The fourth-order valence-corrected chi connectivity index (χ4v) is 2.76. The predicted molar refractivity (Wildman–Crippen MR) is 112 cm³/mol. The van der Waals surface area contributed by atoms with Crippen LogP contribution in [-0.4, -0.2) is 34.0 Å². The van der Waals surface area contributed by atoms with Crippen LogP contribution >= 0.6 is 0 Å². The van der Waals surface area contributed by atoms with Gasteiger partial charge in [0.05, 0.1) is 11.1 Å². The minimum atomic E-state index is -1.02. The van der Waals surface area contributed by atoms with Crippen molar-refractivity contribution in [1.82, 2.24) is 0 Å². The molecule has 0 aromatic heterocycles. The smallest absolute Gasteiger partial charge is 0.335 e. The highest BCUT2D eigenvalue weighted by atomic mass is 16.4. The molecular formula is C22H24N2O6. The van der Waals surface area contributed by atoms with Crippen LogP contribution in [0.4, 0.5) is 11.4 Å². The largest absolute Gasteiger partial charge is 0.478 e. The third-order valence-corrected chi connectivity index (χ3v) is 4.39. The molecule has 0 radical (unpaired) electrons. The number of carbonyl (C=O) groups excluding carboxylic acids is 2. The SMILES string of the molecule is O=C(CCCCCCC(=O)Nc1ccc(C(=O)O)cc1)Nc1ccc(C(=O)O)cc1. The molecule has 2 rings (SSSR count). The molecule has 4 N–H and O–H groups in total. The van der Waals surface area contributed by atoms with Crippen molar-refractivity contribution in [2.45, 2.75) is 38.5 Å². The van der Waals surface area contributed by atoms with Crippen LogP contribution in [0.2, 0.25) is 0 Å². The summed E-state index contributed by atoms with van der Waals surface area (Å²) in [4.78, 5) is 45.4. The minimum Gasteiger partial charge on any atom is -0.478 e. The Kier molecular flexibility index (Phi) is 8.56. The van der Waals surface area contributed by atoms with Gasteiger partial charge in [-0.05, 0) is 61.4 Å². The van der Waals surface area contributed by atoms with Gasteiger partial charge in [0.1, 0.15) is 0 Å². The zero-order valence-corrected chi connectivity index (χ0v) is 16.4. The zero-order valence-electron chi connectivity index (χ0n) is 16.4. The van der Waals surface area contributed by atoms with Crippen molar-refractivity contribution < 1.29 is 29.4 Å². The molecule has 2 amide bonds. The summed E-state index contributed by atoms with van der Waals surface area (Å²) in [5.74, 6) is -2.31. The lowest BCUT2D eigenvalue weighted by Crippen LogP contribution is -2.12. The molecule has 0 atom stereocenters. The molecule has 0 heterocycles. The topological polar surface area (TPSA) is 133 Å². The highest BCUT2D eigenvalue weighted by Crippen LogP contribution is 2.13. The number of anilines is 2. The Bertz CT molecular complexity index is 815. The van der Waals surface area contributed by atoms with E-state index in [0.717, 1.165) is 12.8 Å². The molecule has 30 heavy (non-hydrogen) atoms. The number of amides is 2. The van der Waals surface area contributed by atoms with Crippen molar-refractivity contribution in [2.75, 3.05) is 10.6 Å². The summed E-state index contributed by atoms with van der Waals surface area (Å²) in [5, 5.41) is 23.1. The normalized spacial score (nSPS) is 10.3. The number of nitrogens with one attached hydrogen (secondary N) is 2. The lowest BCUT2D eigenvalue weighted by molar-refractivity contribution is -0.117. The summed E-state index contributed by atoms with van der Waals surface area (Å²) in [6, 6.07) is 11.9. The molecule has 8 nitrogen and oxygen atoms in total. The Morgan fingerprint density at radius 1 is 0.567 bits per heavy atom. The van der Waals surface area contributed by atoms with E-state index in [0.29, 0.717) is 37.1 Å². The number of carboxylic acid groups (broad SMARTS) is 2. The molecule has 0 bridgehead atoms. The Balaban J connectivity index is 1.57. The van der Waals surface area contributed by atoms with Crippen molar-refractivity contribution in [2.24, 2.45) is 0 Å². The van der Waals surface area contributed by atoms with Crippen LogP contribution in [0.3, 0.4) is 0 Å². The number of carbonyl (C=O) groups is 4. The Hall–Kier alpha value is -3.68. The summed E-state index contributed by atoms with van der Waals surface area (Å²) >= 11 is 0. The number of aromatic carboxylic acids is 2. The minimum absolute atomic E-state index is 0.138. The first-order valence-corrected chi connectivity index (χ1v) is 9.61. The standard InChI is InChI=1S/C22H24N2O6/c25-19(23-17-11-7-15(8-12-17)21(27)28)5-3-1-2-4-6-20(26)24-18-13-9-16(10-14-18)22(29)30/h7-14H,1-6H2,(H,23,25)(H,24,26)(H,27,28)(H,29,30). The van der Waals surface area contributed by atoms with Crippen molar-refractivity contribution in [3.8, 4) is 0 Å². The second-order valence-corrected chi connectivity index (χ2v) is 6.78. The van der Waals surface area contributed by atoms with Gasteiger partial charge in [-0.3, -0.25) is 9.59 Å². The summed E-state index contributed by atoms with van der Waals surface area (Å²) in [6.07, 6.45) is 3.71. The predicted octanol–water partition coefficient (Wildman–Crippen LogP) is 4.00. The van der Waals surface area contributed by atoms with Gasteiger partial charge in [0.15, 0.2) is 0 Å². The van der Waals surface area contributed by atoms with Crippen LogP contribution in [0.25, 0.3) is 0 Å².